The maximum Gasteiger partial charge on any atom is 0.306 e. The van der Waals surface area contributed by atoms with Crippen LogP contribution in [0.25, 0.3) is 0 Å². The Balaban J connectivity index is 4.12. The number of esters is 3. The number of hydrogen-bond donors (Lipinski definition) is 0. The Hall–Kier alpha value is -1.59. The van der Waals surface area contributed by atoms with Gasteiger partial charge in [0.2, 0.25) is 0 Å². The van der Waals surface area contributed by atoms with Gasteiger partial charge >= 0.3 is 17.9 Å². The fourth-order valence-electron chi connectivity index (χ4n) is 7.64. The van der Waals surface area contributed by atoms with Crippen molar-refractivity contribution < 1.29 is 28.6 Å². The summed E-state index contributed by atoms with van der Waals surface area (Å²) >= 11 is 0. The molecule has 0 fully saturated rings. The summed E-state index contributed by atoms with van der Waals surface area (Å²) < 4.78 is 16.7. The lowest BCUT2D eigenvalue weighted by Gasteiger charge is -2.18. The van der Waals surface area contributed by atoms with Gasteiger partial charge in [0.1, 0.15) is 13.2 Å². The monoisotopic (exact) mass is 807 g/mol. The van der Waals surface area contributed by atoms with E-state index in [2.05, 4.69) is 34.6 Å². The Morgan fingerprint density at radius 3 is 0.860 bits per heavy atom. The van der Waals surface area contributed by atoms with Crippen LogP contribution in [0.15, 0.2) is 0 Å². The van der Waals surface area contributed by atoms with Crippen molar-refractivity contribution >= 4 is 17.9 Å². The lowest BCUT2D eigenvalue weighted by atomic mass is 10.0. The first-order valence-corrected chi connectivity index (χ1v) is 25.2. The second kappa shape index (κ2) is 44.0. The zero-order chi connectivity index (χ0) is 41.9. The summed E-state index contributed by atoms with van der Waals surface area (Å²) in [5, 5.41) is 0. The molecule has 0 aromatic heterocycles. The lowest BCUT2D eigenvalue weighted by molar-refractivity contribution is -0.167. The van der Waals surface area contributed by atoms with Crippen molar-refractivity contribution in [1.82, 2.24) is 0 Å². The van der Waals surface area contributed by atoms with Crippen molar-refractivity contribution in [1.29, 1.82) is 0 Å². The van der Waals surface area contributed by atoms with Crippen LogP contribution in [0.3, 0.4) is 0 Å². The normalized spacial score (nSPS) is 12.1. The van der Waals surface area contributed by atoms with Gasteiger partial charge in [-0.15, -0.1) is 0 Å². The Bertz CT molecular complexity index is 870. The number of hydrogen-bond acceptors (Lipinski definition) is 6. The molecule has 57 heavy (non-hydrogen) atoms. The van der Waals surface area contributed by atoms with Gasteiger partial charge in [-0.3, -0.25) is 14.4 Å². The largest absolute Gasteiger partial charge is 0.462 e. The van der Waals surface area contributed by atoms with E-state index >= 15 is 0 Å². The number of carbonyl (C=O) groups excluding carboxylic acids is 3. The molecule has 0 spiro atoms. The summed E-state index contributed by atoms with van der Waals surface area (Å²) in [5.41, 5.74) is 0. The van der Waals surface area contributed by atoms with Crippen LogP contribution in [-0.2, 0) is 28.6 Å². The molecule has 0 aromatic rings. The van der Waals surface area contributed by atoms with Gasteiger partial charge in [0, 0.05) is 19.3 Å². The molecule has 0 aliphatic carbocycles. The van der Waals surface area contributed by atoms with Gasteiger partial charge in [-0.2, -0.15) is 0 Å². The standard InChI is InChI=1S/C51H98O6/c1-6-7-8-29-36-41-49(52)55-44-48(45-56-50(53)42-37-32-27-23-19-16-12-14-18-22-26-31-35-40-47(4)5)57-51(54)43-38-33-28-24-20-15-11-9-10-13-17-21-25-30-34-39-46(2)3/h46-48H,6-45H2,1-5H3/t48-/m1/s1. The van der Waals surface area contributed by atoms with Crippen molar-refractivity contribution in [3.05, 3.63) is 0 Å². The summed E-state index contributed by atoms with van der Waals surface area (Å²) in [5.74, 6) is 0.824. The van der Waals surface area contributed by atoms with Gasteiger partial charge in [0.15, 0.2) is 6.10 Å². The van der Waals surface area contributed by atoms with Crippen molar-refractivity contribution in [3.8, 4) is 0 Å². The summed E-state index contributed by atoms with van der Waals surface area (Å²) in [7, 11) is 0. The van der Waals surface area contributed by atoms with E-state index in [1.807, 2.05) is 0 Å². The van der Waals surface area contributed by atoms with Gasteiger partial charge in [-0.1, -0.05) is 240 Å². The number of rotatable bonds is 45. The molecule has 6 nitrogen and oxygen atoms in total. The summed E-state index contributed by atoms with van der Waals surface area (Å²) in [6.45, 7) is 11.3. The second-order valence-corrected chi connectivity index (χ2v) is 18.4. The molecule has 0 amide bonds. The zero-order valence-electron chi connectivity index (χ0n) is 39.0. The zero-order valence-corrected chi connectivity index (χ0v) is 39.0. The molecule has 0 unspecified atom stereocenters. The van der Waals surface area contributed by atoms with Gasteiger partial charge in [0.25, 0.3) is 0 Å². The summed E-state index contributed by atoms with van der Waals surface area (Å²) in [6, 6.07) is 0. The van der Waals surface area contributed by atoms with Crippen LogP contribution in [0, 0.1) is 11.8 Å². The third kappa shape index (κ3) is 45.3. The SMILES string of the molecule is CCCCCCCC(=O)OC[C@H](COC(=O)CCCCCCCCCCCCCCCC(C)C)OC(=O)CCCCCCCCCCCCCCCCCC(C)C. The molecule has 0 rings (SSSR count). The van der Waals surface area contributed by atoms with Crippen LogP contribution >= 0.6 is 0 Å². The summed E-state index contributed by atoms with van der Waals surface area (Å²) in [6.07, 6.45) is 44.1. The number of carbonyl (C=O) groups is 3. The first kappa shape index (κ1) is 55.4. The third-order valence-electron chi connectivity index (χ3n) is 11.5. The van der Waals surface area contributed by atoms with Crippen molar-refractivity contribution in [2.45, 2.75) is 285 Å². The Morgan fingerprint density at radius 1 is 0.333 bits per heavy atom. The molecule has 6 heteroatoms. The van der Waals surface area contributed by atoms with Crippen LogP contribution in [0.4, 0.5) is 0 Å². The van der Waals surface area contributed by atoms with Gasteiger partial charge in [-0.05, 0) is 31.1 Å². The van der Waals surface area contributed by atoms with E-state index in [0.717, 1.165) is 76.0 Å². The maximum atomic E-state index is 12.7. The van der Waals surface area contributed by atoms with Gasteiger partial charge in [0.05, 0.1) is 0 Å². The van der Waals surface area contributed by atoms with Crippen LogP contribution < -0.4 is 0 Å². The fourth-order valence-corrected chi connectivity index (χ4v) is 7.64. The van der Waals surface area contributed by atoms with Crippen molar-refractivity contribution in [2.75, 3.05) is 13.2 Å². The summed E-state index contributed by atoms with van der Waals surface area (Å²) in [4.78, 5) is 37.6. The third-order valence-corrected chi connectivity index (χ3v) is 11.5. The quantitative estimate of drug-likeness (QED) is 0.0346. The molecule has 0 saturated carbocycles. The van der Waals surface area contributed by atoms with Crippen LogP contribution in [0.2, 0.25) is 0 Å². The van der Waals surface area contributed by atoms with E-state index in [9.17, 15) is 14.4 Å². The van der Waals surface area contributed by atoms with Crippen LogP contribution in [0.1, 0.15) is 279 Å². The fraction of sp³-hybridized carbons (Fsp3) is 0.941. The predicted molar refractivity (Wildman–Crippen MR) is 243 cm³/mol. The Labute approximate surface area is 355 Å². The molecule has 0 radical (unpaired) electrons. The molecular formula is C51H98O6. The van der Waals surface area contributed by atoms with E-state index in [0.29, 0.717) is 19.3 Å². The molecule has 0 aliphatic heterocycles. The molecule has 0 aromatic carbocycles. The van der Waals surface area contributed by atoms with E-state index in [1.54, 1.807) is 0 Å². The van der Waals surface area contributed by atoms with Crippen molar-refractivity contribution in [2.24, 2.45) is 11.8 Å². The average molecular weight is 807 g/mol. The van der Waals surface area contributed by atoms with Crippen LogP contribution in [0.5, 0.6) is 0 Å². The van der Waals surface area contributed by atoms with Gasteiger partial charge in [-0.25, -0.2) is 0 Å². The average Bonchev–Trinajstić information content (AvgIpc) is 3.18. The molecule has 1 atom stereocenters. The molecule has 0 aliphatic rings. The van der Waals surface area contributed by atoms with E-state index in [-0.39, 0.29) is 31.1 Å². The Kier molecular flexibility index (Phi) is 42.7. The van der Waals surface area contributed by atoms with Crippen LogP contribution in [-0.4, -0.2) is 37.2 Å². The first-order valence-electron chi connectivity index (χ1n) is 25.2. The van der Waals surface area contributed by atoms with E-state index in [4.69, 9.17) is 14.2 Å². The number of unbranched alkanes of at least 4 members (excludes halogenated alkanes) is 30. The Morgan fingerprint density at radius 2 is 0.579 bits per heavy atom. The molecule has 0 N–H and O–H groups in total. The minimum Gasteiger partial charge on any atom is -0.462 e. The van der Waals surface area contributed by atoms with E-state index < -0.39 is 6.10 Å². The second-order valence-electron chi connectivity index (χ2n) is 18.4. The highest BCUT2D eigenvalue weighted by molar-refractivity contribution is 5.71. The van der Waals surface area contributed by atoms with Crippen molar-refractivity contribution in [3.63, 3.8) is 0 Å². The molecule has 0 heterocycles. The lowest BCUT2D eigenvalue weighted by Crippen LogP contribution is -2.30. The minimum absolute atomic E-state index is 0.0647. The molecule has 0 bridgehead atoms. The predicted octanol–water partition coefficient (Wildman–Crippen LogP) is 16.1. The smallest absolute Gasteiger partial charge is 0.306 e. The molecule has 338 valence electrons. The van der Waals surface area contributed by atoms with Gasteiger partial charge < -0.3 is 14.2 Å². The first-order chi connectivity index (χ1) is 27.7. The molecule has 0 saturated heterocycles. The highest BCUT2D eigenvalue weighted by atomic mass is 16.6. The highest BCUT2D eigenvalue weighted by Gasteiger charge is 2.19. The minimum atomic E-state index is -0.759. The highest BCUT2D eigenvalue weighted by Crippen LogP contribution is 2.17. The molecular weight excluding hydrogens is 709 g/mol. The number of ether oxygens (including phenoxy) is 3. The van der Waals surface area contributed by atoms with E-state index in [1.165, 1.54) is 161 Å². The maximum absolute atomic E-state index is 12.7. The topological polar surface area (TPSA) is 78.9 Å².